The van der Waals surface area contributed by atoms with Crippen LogP contribution in [-0.4, -0.2) is 10.4 Å². The van der Waals surface area contributed by atoms with E-state index in [2.05, 4.69) is 29.8 Å². The number of ketones is 1. The van der Waals surface area contributed by atoms with Crippen molar-refractivity contribution in [2.75, 3.05) is 0 Å². The monoisotopic (exact) mass is 249 g/mol. The van der Waals surface area contributed by atoms with Crippen molar-refractivity contribution in [3.8, 4) is 11.3 Å². The molecule has 2 heteroatoms. The maximum absolute atomic E-state index is 11.3. The molecule has 1 aromatic heterocycles. The van der Waals surface area contributed by atoms with Crippen LogP contribution < -0.4 is 0 Å². The average molecular weight is 249 g/mol. The molecule has 0 saturated heterocycles. The number of hydrogen-bond acceptors (Lipinski definition) is 1. The number of carbonyl (C=O) groups is 1. The molecule has 0 unspecified atom stereocenters. The number of carbonyl (C=O) groups excluding carboxylic acids is 1. The van der Waals surface area contributed by atoms with Crippen molar-refractivity contribution in [3.63, 3.8) is 0 Å². The predicted molar refractivity (Wildman–Crippen MR) is 78.4 cm³/mol. The SMILES string of the molecule is CC(=O)c1ccc(-c2cc3ccccc3n2C)cc1. The van der Waals surface area contributed by atoms with E-state index in [0.717, 1.165) is 16.8 Å². The first-order valence-corrected chi connectivity index (χ1v) is 6.32. The van der Waals surface area contributed by atoms with Gasteiger partial charge in [0.15, 0.2) is 5.78 Å². The number of hydrogen-bond donors (Lipinski definition) is 0. The number of rotatable bonds is 2. The molecule has 0 atom stereocenters. The molecule has 2 aromatic carbocycles. The van der Waals surface area contributed by atoms with Crippen LogP contribution in [0, 0.1) is 0 Å². The van der Waals surface area contributed by atoms with Crippen molar-refractivity contribution >= 4 is 16.7 Å². The molecule has 3 rings (SSSR count). The molecule has 19 heavy (non-hydrogen) atoms. The molecule has 0 aliphatic heterocycles. The van der Waals surface area contributed by atoms with Gasteiger partial charge in [-0.25, -0.2) is 0 Å². The molecule has 94 valence electrons. The summed E-state index contributed by atoms with van der Waals surface area (Å²) in [6.45, 7) is 1.59. The summed E-state index contributed by atoms with van der Waals surface area (Å²) in [4.78, 5) is 11.3. The lowest BCUT2D eigenvalue weighted by Gasteiger charge is -2.05. The molecule has 2 nitrogen and oxygen atoms in total. The fourth-order valence-corrected chi connectivity index (χ4v) is 2.44. The lowest BCUT2D eigenvalue weighted by molar-refractivity contribution is 0.101. The maximum atomic E-state index is 11.3. The van der Waals surface area contributed by atoms with Crippen LogP contribution in [0.15, 0.2) is 54.6 Å². The Bertz CT molecular complexity index is 751. The number of para-hydroxylation sites is 1. The van der Waals surface area contributed by atoms with Crippen LogP contribution in [0.1, 0.15) is 17.3 Å². The van der Waals surface area contributed by atoms with Gasteiger partial charge >= 0.3 is 0 Å². The Morgan fingerprint density at radius 1 is 1.00 bits per heavy atom. The maximum Gasteiger partial charge on any atom is 0.159 e. The quantitative estimate of drug-likeness (QED) is 0.628. The van der Waals surface area contributed by atoms with E-state index < -0.39 is 0 Å². The normalized spacial score (nSPS) is 10.8. The fraction of sp³-hybridized carbons (Fsp3) is 0.118. The molecule has 0 aliphatic rings. The van der Waals surface area contributed by atoms with E-state index in [0.29, 0.717) is 0 Å². The number of nitrogens with zero attached hydrogens (tertiary/aromatic N) is 1. The van der Waals surface area contributed by atoms with E-state index in [1.165, 1.54) is 10.9 Å². The van der Waals surface area contributed by atoms with Crippen LogP contribution in [0.3, 0.4) is 0 Å². The minimum atomic E-state index is 0.101. The van der Waals surface area contributed by atoms with Crippen LogP contribution in [0.2, 0.25) is 0 Å². The second kappa shape index (κ2) is 4.39. The molecule has 0 N–H and O–H groups in total. The van der Waals surface area contributed by atoms with Crippen molar-refractivity contribution in [1.82, 2.24) is 4.57 Å². The van der Waals surface area contributed by atoms with E-state index in [-0.39, 0.29) is 5.78 Å². The highest BCUT2D eigenvalue weighted by Gasteiger charge is 2.07. The van der Waals surface area contributed by atoms with Crippen molar-refractivity contribution in [2.24, 2.45) is 7.05 Å². The van der Waals surface area contributed by atoms with E-state index in [1.807, 2.05) is 36.4 Å². The van der Waals surface area contributed by atoms with Crippen LogP contribution in [0.4, 0.5) is 0 Å². The summed E-state index contributed by atoms with van der Waals surface area (Å²) in [7, 11) is 2.07. The van der Waals surface area contributed by atoms with Crippen molar-refractivity contribution < 1.29 is 4.79 Å². The summed E-state index contributed by atoms with van der Waals surface area (Å²) < 4.78 is 2.18. The van der Waals surface area contributed by atoms with Gasteiger partial charge in [0.05, 0.1) is 0 Å². The molecule has 0 spiro atoms. The van der Waals surface area contributed by atoms with Gasteiger partial charge in [-0.05, 0) is 24.6 Å². The average Bonchev–Trinajstić information content (AvgIpc) is 2.77. The highest BCUT2D eigenvalue weighted by atomic mass is 16.1. The molecule has 0 bridgehead atoms. The van der Waals surface area contributed by atoms with Gasteiger partial charge in [0.1, 0.15) is 0 Å². The van der Waals surface area contributed by atoms with Crippen molar-refractivity contribution in [3.05, 3.63) is 60.2 Å². The van der Waals surface area contributed by atoms with Gasteiger partial charge in [0.25, 0.3) is 0 Å². The highest BCUT2D eigenvalue weighted by molar-refractivity contribution is 5.94. The van der Waals surface area contributed by atoms with Gasteiger partial charge in [0.2, 0.25) is 0 Å². The number of aromatic nitrogens is 1. The Kier molecular flexibility index (Phi) is 2.71. The highest BCUT2D eigenvalue weighted by Crippen LogP contribution is 2.27. The first-order valence-electron chi connectivity index (χ1n) is 6.32. The third kappa shape index (κ3) is 1.95. The van der Waals surface area contributed by atoms with Gasteiger partial charge < -0.3 is 4.57 Å². The summed E-state index contributed by atoms with van der Waals surface area (Å²) in [6.07, 6.45) is 0. The lowest BCUT2D eigenvalue weighted by Crippen LogP contribution is -1.93. The van der Waals surface area contributed by atoms with Crippen LogP contribution in [-0.2, 0) is 7.05 Å². The Morgan fingerprint density at radius 3 is 2.32 bits per heavy atom. The topological polar surface area (TPSA) is 22.0 Å². The van der Waals surface area contributed by atoms with Gasteiger partial charge in [0, 0.05) is 29.2 Å². The largest absolute Gasteiger partial charge is 0.344 e. The van der Waals surface area contributed by atoms with E-state index in [9.17, 15) is 4.79 Å². The minimum Gasteiger partial charge on any atom is -0.344 e. The van der Waals surface area contributed by atoms with Crippen molar-refractivity contribution in [1.29, 1.82) is 0 Å². The summed E-state index contributed by atoms with van der Waals surface area (Å²) in [6, 6.07) is 18.3. The van der Waals surface area contributed by atoms with Gasteiger partial charge in [-0.1, -0.05) is 42.5 Å². The fourth-order valence-electron chi connectivity index (χ4n) is 2.44. The van der Waals surface area contributed by atoms with Gasteiger partial charge in [-0.3, -0.25) is 4.79 Å². The van der Waals surface area contributed by atoms with Crippen LogP contribution >= 0.6 is 0 Å². The number of fused-ring (bicyclic) bond motifs is 1. The second-order valence-corrected chi connectivity index (χ2v) is 4.78. The molecule has 0 fully saturated rings. The molecular formula is C17H15NO. The Labute approximate surface area is 112 Å². The summed E-state index contributed by atoms with van der Waals surface area (Å²) in [5, 5.41) is 1.23. The zero-order valence-corrected chi connectivity index (χ0v) is 11.1. The molecule has 3 aromatic rings. The molecule has 0 aliphatic carbocycles. The standard InChI is InChI=1S/C17H15NO/c1-12(19)13-7-9-14(10-8-13)17-11-15-5-3-4-6-16(15)18(17)2/h3-11H,1-2H3. The first-order chi connectivity index (χ1) is 9.16. The zero-order chi connectivity index (χ0) is 13.4. The summed E-state index contributed by atoms with van der Waals surface area (Å²) in [5.41, 5.74) is 4.26. The number of benzene rings is 2. The number of Topliss-reactive ketones (excluding diaryl/α,β-unsaturated/α-hetero) is 1. The van der Waals surface area contributed by atoms with Crippen LogP contribution in [0.25, 0.3) is 22.2 Å². The van der Waals surface area contributed by atoms with Gasteiger partial charge in [-0.2, -0.15) is 0 Å². The third-order valence-electron chi connectivity index (χ3n) is 3.54. The molecule has 0 saturated carbocycles. The van der Waals surface area contributed by atoms with E-state index in [1.54, 1.807) is 6.92 Å². The van der Waals surface area contributed by atoms with Crippen molar-refractivity contribution in [2.45, 2.75) is 6.92 Å². The first kappa shape index (κ1) is 11.7. The van der Waals surface area contributed by atoms with E-state index in [4.69, 9.17) is 0 Å². The molecule has 1 heterocycles. The third-order valence-corrected chi connectivity index (χ3v) is 3.54. The lowest BCUT2D eigenvalue weighted by atomic mass is 10.1. The molecular weight excluding hydrogens is 234 g/mol. The zero-order valence-electron chi connectivity index (χ0n) is 11.1. The Hall–Kier alpha value is -2.35. The summed E-state index contributed by atoms with van der Waals surface area (Å²) >= 11 is 0. The molecule has 0 radical (unpaired) electrons. The minimum absolute atomic E-state index is 0.101. The Morgan fingerprint density at radius 2 is 1.68 bits per heavy atom. The van der Waals surface area contributed by atoms with E-state index >= 15 is 0 Å². The number of aryl methyl sites for hydroxylation is 1. The summed E-state index contributed by atoms with van der Waals surface area (Å²) in [5.74, 6) is 0.101. The predicted octanol–water partition coefficient (Wildman–Crippen LogP) is 4.05. The smallest absolute Gasteiger partial charge is 0.159 e. The van der Waals surface area contributed by atoms with Gasteiger partial charge in [-0.15, -0.1) is 0 Å². The Balaban J connectivity index is 2.13. The van der Waals surface area contributed by atoms with Crippen LogP contribution in [0.5, 0.6) is 0 Å². The molecule has 0 amide bonds. The second-order valence-electron chi connectivity index (χ2n) is 4.78.